The zero-order valence-electron chi connectivity index (χ0n) is 31.8. The topological polar surface area (TPSA) is 125 Å². The predicted molar refractivity (Wildman–Crippen MR) is 201 cm³/mol. The van der Waals surface area contributed by atoms with E-state index in [-0.39, 0.29) is 17.0 Å². The second kappa shape index (κ2) is 22.5. The fraction of sp³-hybridized carbons (Fsp3) is 0.650. The lowest BCUT2D eigenvalue weighted by Crippen LogP contribution is -2.39. The van der Waals surface area contributed by atoms with Crippen LogP contribution in [0.15, 0.2) is 53.6 Å². The van der Waals surface area contributed by atoms with Crippen LogP contribution in [0, 0.1) is 34.1 Å². The molecule has 270 valence electrons. The lowest BCUT2D eigenvalue weighted by Gasteiger charge is -2.37. The van der Waals surface area contributed by atoms with Gasteiger partial charge in [-0.1, -0.05) is 117 Å². The predicted octanol–water partition coefficient (Wildman–Crippen LogP) is 10.1. The summed E-state index contributed by atoms with van der Waals surface area (Å²) in [6.07, 6.45) is 9.01. The van der Waals surface area contributed by atoms with Crippen LogP contribution >= 0.6 is 0 Å². The minimum atomic E-state index is -0.413. The molecule has 1 saturated heterocycles. The Balaban J connectivity index is 0.000000446. The van der Waals surface area contributed by atoms with Crippen molar-refractivity contribution < 1.29 is 14.3 Å². The van der Waals surface area contributed by atoms with E-state index in [2.05, 4.69) is 62.0 Å². The van der Waals surface area contributed by atoms with E-state index in [9.17, 15) is 4.79 Å². The number of Topliss-reactive ketones (excluding diaryl/α,β-unsaturated/α-hetero) is 1. The molecule has 8 nitrogen and oxygen atoms in total. The van der Waals surface area contributed by atoms with Crippen LogP contribution in [0.5, 0.6) is 11.5 Å². The summed E-state index contributed by atoms with van der Waals surface area (Å²) in [6.45, 7) is 18.8. The van der Waals surface area contributed by atoms with E-state index < -0.39 is 6.04 Å². The lowest BCUT2D eigenvalue weighted by molar-refractivity contribution is -0.124. The van der Waals surface area contributed by atoms with E-state index in [0.29, 0.717) is 17.4 Å². The summed E-state index contributed by atoms with van der Waals surface area (Å²) >= 11 is 0. The highest BCUT2D eigenvalue weighted by Gasteiger charge is 2.32. The number of nitrogens with zero attached hydrogens (tertiary/aromatic N) is 2. The highest BCUT2D eigenvalue weighted by Crippen LogP contribution is 2.40. The average Bonchev–Trinajstić information content (AvgIpc) is 3.06. The Morgan fingerprint density at radius 2 is 1.48 bits per heavy atom. The third kappa shape index (κ3) is 15.4. The fourth-order valence-corrected chi connectivity index (χ4v) is 5.78. The van der Waals surface area contributed by atoms with Crippen LogP contribution in [-0.2, 0) is 4.79 Å². The molecule has 4 N–H and O–H groups in total. The summed E-state index contributed by atoms with van der Waals surface area (Å²) < 4.78 is 11.0. The Labute approximate surface area is 292 Å². The summed E-state index contributed by atoms with van der Waals surface area (Å²) in [7, 11) is 3.20. The number of likely N-dealkylation sites (tertiary alicyclic amines) is 1. The van der Waals surface area contributed by atoms with Crippen molar-refractivity contribution in [3.63, 3.8) is 0 Å². The Bertz CT molecular complexity index is 1190. The van der Waals surface area contributed by atoms with Crippen LogP contribution in [0.4, 0.5) is 0 Å². The SMILES string of the molecule is CC(=O)C(C)(C)C.CC(C)C.CC1CCC(CCN)CC1.COc1cccc(C(C(=N)N=N)N2CCC(c3ccccc3)CC2)c1OC. The molecule has 2 aromatic rings. The number of ether oxygens (including phenoxy) is 2. The first kappa shape index (κ1) is 42.9. The molecular formula is C40H67N5O3. The quantitative estimate of drug-likeness (QED) is 0.147. The molecule has 0 radical (unpaired) electrons. The van der Waals surface area contributed by atoms with Gasteiger partial charge in [0.05, 0.1) is 14.2 Å². The molecule has 0 bridgehead atoms. The Morgan fingerprint density at radius 3 is 1.92 bits per heavy atom. The number of amidine groups is 1. The highest BCUT2D eigenvalue weighted by molar-refractivity contribution is 5.87. The van der Waals surface area contributed by atoms with Gasteiger partial charge in [0.1, 0.15) is 11.8 Å². The standard InChI is InChI=1S/C21H26N4O2.C9H19N.C6H12O.C4H10/c1-26-18-10-6-9-17(20(18)27-2)19(21(22)24-23)25-13-11-16(12-14-25)15-7-4-3-5-8-15;1-8-2-4-9(5-3-8)6-7-10;1-5(7)6(2,3)4;1-4(2)3/h3-10,16,19,22-23H,11-14H2,1-2H3;8-9H,2-7,10H2,1H3;1-4H3;4H,1-3H3. The number of ketones is 1. The van der Waals surface area contributed by atoms with Gasteiger partial charge in [-0.25, -0.2) is 5.53 Å². The van der Waals surface area contributed by atoms with Crippen molar-refractivity contribution >= 4 is 11.6 Å². The van der Waals surface area contributed by atoms with Gasteiger partial charge >= 0.3 is 0 Å². The number of nitrogens with one attached hydrogen (secondary N) is 2. The number of benzene rings is 2. The monoisotopic (exact) mass is 666 g/mol. The largest absolute Gasteiger partial charge is 0.493 e. The molecule has 48 heavy (non-hydrogen) atoms. The van der Waals surface area contributed by atoms with E-state index in [4.69, 9.17) is 26.1 Å². The number of rotatable bonds is 8. The van der Waals surface area contributed by atoms with Crippen molar-refractivity contribution in [3.05, 3.63) is 59.7 Å². The first-order chi connectivity index (χ1) is 22.7. The van der Waals surface area contributed by atoms with Crippen molar-refractivity contribution in [3.8, 4) is 11.5 Å². The molecule has 1 aliphatic carbocycles. The lowest BCUT2D eigenvalue weighted by atomic mass is 9.81. The number of methoxy groups -OCH3 is 2. The van der Waals surface area contributed by atoms with Gasteiger partial charge in [0.25, 0.3) is 0 Å². The molecule has 2 aromatic carbocycles. The zero-order chi connectivity index (χ0) is 36.3. The molecule has 8 heteroatoms. The van der Waals surface area contributed by atoms with E-state index in [1.807, 2.05) is 45.0 Å². The van der Waals surface area contributed by atoms with Gasteiger partial charge in [-0.05, 0) is 81.1 Å². The summed E-state index contributed by atoms with van der Waals surface area (Å²) in [5.74, 6) is 4.78. The zero-order valence-corrected chi connectivity index (χ0v) is 31.8. The van der Waals surface area contributed by atoms with Gasteiger partial charge in [-0.15, -0.1) is 5.11 Å². The van der Waals surface area contributed by atoms with E-state index in [1.165, 1.54) is 37.7 Å². The van der Waals surface area contributed by atoms with Crippen molar-refractivity contribution in [2.75, 3.05) is 33.9 Å². The van der Waals surface area contributed by atoms with E-state index in [1.54, 1.807) is 21.1 Å². The molecule has 2 fully saturated rings. The normalized spacial score (nSPS) is 18.8. The summed E-state index contributed by atoms with van der Waals surface area (Å²) in [5, 5.41) is 11.7. The number of hydrogen-bond donors (Lipinski definition) is 3. The maximum absolute atomic E-state index is 10.5. The van der Waals surface area contributed by atoms with Crippen molar-refractivity contribution in [2.45, 2.75) is 112 Å². The van der Waals surface area contributed by atoms with Crippen LogP contribution in [0.25, 0.3) is 0 Å². The molecule has 1 heterocycles. The maximum atomic E-state index is 10.5. The number of carbonyl (C=O) groups excluding carboxylic acids is 1. The van der Waals surface area contributed by atoms with Crippen molar-refractivity contribution in [2.24, 2.45) is 34.0 Å². The Morgan fingerprint density at radius 1 is 0.938 bits per heavy atom. The number of para-hydroxylation sites is 1. The molecule has 4 rings (SSSR count). The van der Waals surface area contributed by atoms with Gasteiger partial charge in [-0.2, -0.15) is 0 Å². The second-order valence-electron chi connectivity index (χ2n) is 14.9. The molecule has 1 unspecified atom stereocenters. The number of piperidine rings is 1. The van der Waals surface area contributed by atoms with Crippen LogP contribution in [0.2, 0.25) is 0 Å². The minimum Gasteiger partial charge on any atom is -0.493 e. The van der Waals surface area contributed by atoms with Gasteiger partial charge in [0.2, 0.25) is 0 Å². The van der Waals surface area contributed by atoms with Crippen LogP contribution in [0.3, 0.4) is 0 Å². The first-order valence-electron chi connectivity index (χ1n) is 17.9. The Kier molecular flexibility index (Phi) is 20.1. The highest BCUT2D eigenvalue weighted by atomic mass is 16.5. The van der Waals surface area contributed by atoms with Crippen molar-refractivity contribution in [1.82, 2.24) is 4.90 Å². The van der Waals surface area contributed by atoms with Crippen molar-refractivity contribution in [1.29, 1.82) is 10.9 Å². The molecule has 0 spiro atoms. The maximum Gasteiger partial charge on any atom is 0.165 e. The molecule has 1 atom stereocenters. The van der Waals surface area contributed by atoms with Crippen LogP contribution < -0.4 is 15.2 Å². The van der Waals surface area contributed by atoms with Gasteiger partial charge in [0, 0.05) is 11.0 Å². The minimum absolute atomic E-state index is 0.0136. The van der Waals surface area contributed by atoms with Gasteiger partial charge in [-0.3, -0.25) is 15.1 Å². The first-order valence-corrected chi connectivity index (χ1v) is 17.9. The summed E-state index contributed by atoms with van der Waals surface area (Å²) in [4.78, 5) is 12.7. The number of hydrogen-bond acceptors (Lipinski definition) is 7. The van der Waals surface area contributed by atoms with E-state index >= 15 is 0 Å². The summed E-state index contributed by atoms with van der Waals surface area (Å²) in [6, 6.07) is 15.8. The third-order valence-corrected chi connectivity index (χ3v) is 9.04. The number of carbonyl (C=O) groups is 1. The smallest absolute Gasteiger partial charge is 0.165 e. The fourth-order valence-electron chi connectivity index (χ4n) is 5.78. The number of nitrogens with two attached hydrogens (primary N) is 1. The van der Waals surface area contributed by atoms with E-state index in [0.717, 1.165) is 55.8 Å². The van der Waals surface area contributed by atoms with Gasteiger partial charge < -0.3 is 15.2 Å². The summed E-state index contributed by atoms with van der Waals surface area (Å²) in [5.41, 5.74) is 14.9. The molecule has 2 aliphatic rings. The molecule has 0 amide bonds. The average molecular weight is 666 g/mol. The Hall–Kier alpha value is -3.10. The third-order valence-electron chi connectivity index (χ3n) is 9.04. The van der Waals surface area contributed by atoms with Crippen LogP contribution in [-0.4, -0.2) is 50.4 Å². The molecule has 1 saturated carbocycles. The van der Waals surface area contributed by atoms with Gasteiger partial charge in [0.15, 0.2) is 17.3 Å². The second-order valence-corrected chi connectivity index (χ2v) is 14.9. The molecule has 1 aliphatic heterocycles. The molecular weight excluding hydrogens is 598 g/mol. The molecule has 0 aromatic heterocycles. The van der Waals surface area contributed by atoms with Crippen LogP contribution in [0.1, 0.15) is 123 Å².